The molecule has 0 spiro atoms. The van der Waals surface area contributed by atoms with Crippen LogP contribution in [0.4, 0.5) is 11.6 Å². The van der Waals surface area contributed by atoms with E-state index in [1.54, 1.807) is 0 Å². The van der Waals surface area contributed by atoms with Crippen molar-refractivity contribution in [3.8, 4) is 6.07 Å². The number of aromatic nitrogens is 2. The molecular weight excluding hydrogens is 202 g/mol. The Kier molecular flexibility index (Phi) is 2.91. The van der Waals surface area contributed by atoms with Gasteiger partial charge in [0.2, 0.25) is 0 Å². The van der Waals surface area contributed by atoms with E-state index >= 15 is 0 Å². The molecule has 0 aromatic carbocycles. The number of aryl methyl sites for hydroxylation is 1. The maximum atomic E-state index is 8.64. The summed E-state index contributed by atoms with van der Waals surface area (Å²) in [6, 6.07) is 4.57. The third-order valence-corrected chi connectivity index (χ3v) is 2.45. The molecule has 1 aromatic heterocycles. The third-order valence-electron chi connectivity index (χ3n) is 2.45. The van der Waals surface area contributed by atoms with Crippen LogP contribution < -0.4 is 10.2 Å². The van der Waals surface area contributed by atoms with Gasteiger partial charge in [0.05, 0.1) is 6.07 Å². The van der Waals surface area contributed by atoms with Gasteiger partial charge < -0.3 is 10.2 Å². The van der Waals surface area contributed by atoms with Crippen LogP contribution in [0.1, 0.15) is 18.7 Å². The van der Waals surface area contributed by atoms with Gasteiger partial charge in [-0.1, -0.05) is 0 Å². The van der Waals surface area contributed by atoms with Gasteiger partial charge in [-0.2, -0.15) is 5.26 Å². The van der Waals surface area contributed by atoms with Crippen LogP contribution in [0, 0.1) is 18.3 Å². The Morgan fingerprint density at radius 1 is 1.56 bits per heavy atom. The number of nitrogens with zero attached hydrogens (tertiary/aromatic N) is 4. The number of hydrogen-bond acceptors (Lipinski definition) is 5. The standard InChI is InChI=1S/C11H15N5/c1-8-13-10(15-9-3-4-9)7-11(14-8)16(2)6-5-12/h7,9H,3-4,6H2,1-2H3,(H,13,14,15). The molecule has 0 bridgehead atoms. The van der Waals surface area contributed by atoms with Crippen molar-refractivity contribution in [2.75, 3.05) is 23.8 Å². The molecule has 0 saturated heterocycles. The summed E-state index contributed by atoms with van der Waals surface area (Å²) in [7, 11) is 1.85. The smallest absolute Gasteiger partial charge is 0.134 e. The van der Waals surface area contributed by atoms with E-state index in [1.807, 2.05) is 24.9 Å². The Morgan fingerprint density at radius 3 is 2.94 bits per heavy atom. The first kappa shape index (κ1) is 10.7. The molecule has 0 unspecified atom stereocenters. The molecule has 0 radical (unpaired) electrons. The summed E-state index contributed by atoms with van der Waals surface area (Å²) >= 11 is 0. The largest absolute Gasteiger partial charge is 0.367 e. The molecule has 0 aliphatic heterocycles. The molecule has 0 amide bonds. The van der Waals surface area contributed by atoms with Crippen molar-refractivity contribution in [1.82, 2.24) is 9.97 Å². The quantitative estimate of drug-likeness (QED) is 0.770. The summed E-state index contributed by atoms with van der Waals surface area (Å²) in [5.74, 6) is 2.37. The van der Waals surface area contributed by atoms with Crippen LogP contribution >= 0.6 is 0 Å². The first-order chi connectivity index (χ1) is 7.69. The van der Waals surface area contributed by atoms with Gasteiger partial charge in [0, 0.05) is 19.2 Å². The van der Waals surface area contributed by atoms with Crippen molar-refractivity contribution in [1.29, 1.82) is 5.26 Å². The summed E-state index contributed by atoms with van der Waals surface area (Å²) in [5, 5.41) is 12.0. The molecule has 1 aromatic rings. The van der Waals surface area contributed by atoms with Crippen LogP contribution in [0.5, 0.6) is 0 Å². The Morgan fingerprint density at radius 2 is 2.31 bits per heavy atom. The first-order valence-corrected chi connectivity index (χ1v) is 5.39. The van der Waals surface area contributed by atoms with Crippen LogP contribution in [0.3, 0.4) is 0 Å². The van der Waals surface area contributed by atoms with Crippen molar-refractivity contribution in [2.45, 2.75) is 25.8 Å². The van der Waals surface area contributed by atoms with Crippen LogP contribution in [-0.4, -0.2) is 29.6 Å². The molecular formula is C11H15N5. The predicted molar refractivity (Wildman–Crippen MR) is 62.3 cm³/mol. The molecule has 2 rings (SSSR count). The van der Waals surface area contributed by atoms with E-state index in [1.165, 1.54) is 12.8 Å². The molecule has 5 heteroatoms. The maximum absolute atomic E-state index is 8.64. The summed E-state index contributed by atoms with van der Waals surface area (Å²) in [6.45, 7) is 2.20. The summed E-state index contributed by atoms with van der Waals surface area (Å²) in [5.41, 5.74) is 0. The fourth-order valence-electron chi connectivity index (χ4n) is 1.45. The highest BCUT2D eigenvalue weighted by molar-refractivity contribution is 5.50. The van der Waals surface area contributed by atoms with Gasteiger partial charge in [0.25, 0.3) is 0 Å². The number of nitrogens with one attached hydrogen (secondary N) is 1. The zero-order valence-corrected chi connectivity index (χ0v) is 9.56. The minimum absolute atomic E-state index is 0.333. The minimum Gasteiger partial charge on any atom is -0.367 e. The van der Waals surface area contributed by atoms with Crippen LogP contribution in [0.15, 0.2) is 6.07 Å². The average Bonchev–Trinajstić information content (AvgIpc) is 3.01. The zero-order chi connectivity index (χ0) is 11.5. The Hall–Kier alpha value is -1.83. The van der Waals surface area contributed by atoms with Crippen LogP contribution in [0.25, 0.3) is 0 Å². The van der Waals surface area contributed by atoms with E-state index in [4.69, 9.17) is 5.26 Å². The fourth-order valence-corrected chi connectivity index (χ4v) is 1.45. The summed E-state index contributed by atoms with van der Waals surface area (Å²) in [4.78, 5) is 10.4. The SMILES string of the molecule is Cc1nc(NC2CC2)cc(N(C)CC#N)n1. The van der Waals surface area contributed by atoms with Crippen LogP contribution in [0.2, 0.25) is 0 Å². The number of hydrogen-bond donors (Lipinski definition) is 1. The average molecular weight is 217 g/mol. The minimum atomic E-state index is 0.333. The number of nitriles is 1. The number of rotatable bonds is 4. The lowest BCUT2D eigenvalue weighted by Gasteiger charge is -2.15. The van der Waals surface area contributed by atoms with Gasteiger partial charge in [-0.05, 0) is 19.8 Å². The normalized spacial score (nSPS) is 14.3. The van der Waals surface area contributed by atoms with E-state index in [0.717, 1.165) is 17.5 Å². The van der Waals surface area contributed by atoms with E-state index in [9.17, 15) is 0 Å². The van der Waals surface area contributed by atoms with E-state index < -0.39 is 0 Å². The lowest BCUT2D eigenvalue weighted by atomic mass is 10.4. The predicted octanol–water partition coefficient (Wildman–Crippen LogP) is 1.32. The van der Waals surface area contributed by atoms with Crippen molar-refractivity contribution in [3.63, 3.8) is 0 Å². The molecule has 84 valence electrons. The van der Waals surface area contributed by atoms with Crippen molar-refractivity contribution < 1.29 is 0 Å². The Balaban J connectivity index is 2.17. The highest BCUT2D eigenvalue weighted by Crippen LogP contribution is 2.25. The molecule has 16 heavy (non-hydrogen) atoms. The van der Waals surface area contributed by atoms with Gasteiger partial charge >= 0.3 is 0 Å². The molecule has 1 saturated carbocycles. The van der Waals surface area contributed by atoms with Gasteiger partial charge in [-0.3, -0.25) is 0 Å². The van der Waals surface area contributed by atoms with Crippen molar-refractivity contribution in [3.05, 3.63) is 11.9 Å². The fraction of sp³-hybridized carbons (Fsp3) is 0.545. The summed E-state index contributed by atoms with van der Waals surface area (Å²) in [6.07, 6.45) is 2.43. The monoisotopic (exact) mass is 217 g/mol. The number of anilines is 2. The van der Waals surface area contributed by atoms with E-state index in [0.29, 0.717) is 12.6 Å². The van der Waals surface area contributed by atoms with Crippen LogP contribution in [-0.2, 0) is 0 Å². The molecule has 5 nitrogen and oxygen atoms in total. The second-order valence-electron chi connectivity index (χ2n) is 4.09. The van der Waals surface area contributed by atoms with Gasteiger partial charge in [-0.15, -0.1) is 0 Å². The van der Waals surface area contributed by atoms with Gasteiger partial charge in [0.1, 0.15) is 24.0 Å². The second kappa shape index (κ2) is 4.35. The Labute approximate surface area is 95.1 Å². The summed E-state index contributed by atoms with van der Waals surface area (Å²) < 4.78 is 0. The molecule has 1 heterocycles. The highest BCUT2D eigenvalue weighted by Gasteiger charge is 2.21. The third kappa shape index (κ3) is 2.60. The molecule has 1 N–H and O–H groups in total. The molecule has 1 fully saturated rings. The Bertz CT molecular complexity index is 419. The van der Waals surface area contributed by atoms with Gasteiger partial charge in [-0.25, -0.2) is 9.97 Å². The second-order valence-corrected chi connectivity index (χ2v) is 4.09. The van der Waals surface area contributed by atoms with E-state index in [2.05, 4.69) is 21.4 Å². The topological polar surface area (TPSA) is 64.8 Å². The van der Waals surface area contributed by atoms with Crippen molar-refractivity contribution >= 4 is 11.6 Å². The maximum Gasteiger partial charge on any atom is 0.134 e. The van der Waals surface area contributed by atoms with Gasteiger partial charge in [0.15, 0.2) is 0 Å². The highest BCUT2D eigenvalue weighted by atomic mass is 15.2. The lowest BCUT2D eigenvalue weighted by molar-refractivity contribution is 0.945. The molecule has 1 aliphatic carbocycles. The lowest BCUT2D eigenvalue weighted by Crippen LogP contribution is -2.19. The first-order valence-electron chi connectivity index (χ1n) is 5.39. The van der Waals surface area contributed by atoms with E-state index in [-0.39, 0.29) is 0 Å². The zero-order valence-electron chi connectivity index (χ0n) is 9.56. The van der Waals surface area contributed by atoms with Crippen molar-refractivity contribution in [2.24, 2.45) is 0 Å². The molecule has 0 atom stereocenters. The molecule has 1 aliphatic rings.